The van der Waals surface area contributed by atoms with Crippen LogP contribution >= 0.6 is 0 Å². The molecule has 6 heteroatoms. The van der Waals surface area contributed by atoms with Crippen LogP contribution in [-0.2, 0) is 19.1 Å². The van der Waals surface area contributed by atoms with E-state index in [2.05, 4.69) is 0 Å². The van der Waals surface area contributed by atoms with Gasteiger partial charge in [-0.1, -0.05) is 0 Å². The topological polar surface area (TPSA) is 83.9 Å². The second-order valence-corrected chi connectivity index (χ2v) is 4.17. The Kier molecular flexibility index (Phi) is 7.74. The molecule has 6 nitrogen and oxygen atoms in total. The van der Waals surface area contributed by atoms with E-state index in [0.717, 1.165) is 0 Å². The molecule has 0 aromatic carbocycles. The number of carboxylic acids is 1. The van der Waals surface area contributed by atoms with Crippen LogP contribution in [0.5, 0.6) is 0 Å². The molecule has 104 valence electrons. The fourth-order valence-electron chi connectivity index (χ4n) is 1.44. The molecule has 0 bridgehead atoms. The molecule has 1 amide bonds. The minimum absolute atomic E-state index is 0.0446. The molecule has 18 heavy (non-hydrogen) atoms. The molecule has 0 aromatic rings. The number of carboxylic acid groups (broad SMARTS) is 1. The summed E-state index contributed by atoms with van der Waals surface area (Å²) in [5, 5.41) is 8.49. The van der Waals surface area contributed by atoms with Crippen molar-refractivity contribution < 1.29 is 24.2 Å². The Labute approximate surface area is 107 Å². The zero-order valence-corrected chi connectivity index (χ0v) is 11.1. The Morgan fingerprint density at radius 2 is 1.83 bits per heavy atom. The summed E-state index contributed by atoms with van der Waals surface area (Å²) in [4.78, 5) is 34.9. The van der Waals surface area contributed by atoms with Gasteiger partial charge >= 0.3 is 11.9 Å². The lowest BCUT2D eigenvalue weighted by Crippen LogP contribution is -2.41. The number of amides is 1. The van der Waals surface area contributed by atoms with Gasteiger partial charge in [-0.15, -0.1) is 0 Å². The lowest BCUT2D eigenvalue weighted by atomic mass is 10.2. The Morgan fingerprint density at radius 3 is 2.28 bits per heavy atom. The summed E-state index contributed by atoms with van der Waals surface area (Å²) in [6.07, 6.45) is 0.362. The van der Waals surface area contributed by atoms with Crippen LogP contribution in [0.4, 0.5) is 0 Å². The summed E-state index contributed by atoms with van der Waals surface area (Å²) in [7, 11) is 0. The number of nitrogens with zero attached hydrogens (tertiary/aromatic N) is 1. The third-order valence-electron chi connectivity index (χ3n) is 2.33. The monoisotopic (exact) mass is 259 g/mol. The average molecular weight is 259 g/mol. The first-order chi connectivity index (χ1) is 8.38. The number of hydrogen-bond donors (Lipinski definition) is 1. The number of esters is 1. The van der Waals surface area contributed by atoms with E-state index in [1.165, 1.54) is 4.90 Å². The lowest BCUT2D eigenvalue weighted by molar-refractivity contribution is -0.150. The van der Waals surface area contributed by atoms with Gasteiger partial charge in [0.05, 0.1) is 6.61 Å². The summed E-state index contributed by atoms with van der Waals surface area (Å²) in [6, 6.07) is -0.119. The van der Waals surface area contributed by atoms with Crippen LogP contribution in [0, 0.1) is 0 Å². The Hall–Kier alpha value is -1.59. The number of carbonyl (C=O) groups excluding carboxylic acids is 2. The predicted molar refractivity (Wildman–Crippen MR) is 65.0 cm³/mol. The van der Waals surface area contributed by atoms with E-state index in [9.17, 15) is 14.4 Å². The van der Waals surface area contributed by atoms with E-state index in [4.69, 9.17) is 9.84 Å². The molecule has 0 aliphatic carbocycles. The van der Waals surface area contributed by atoms with Crippen molar-refractivity contribution in [3.63, 3.8) is 0 Å². The van der Waals surface area contributed by atoms with Gasteiger partial charge in [0.15, 0.2) is 0 Å². The lowest BCUT2D eigenvalue weighted by Gasteiger charge is -2.25. The number of hydrogen-bond acceptors (Lipinski definition) is 4. The quantitative estimate of drug-likeness (QED) is 0.658. The molecule has 0 atom stereocenters. The third-order valence-corrected chi connectivity index (χ3v) is 2.33. The molecule has 0 aromatic heterocycles. The third kappa shape index (κ3) is 6.88. The minimum atomic E-state index is -0.927. The maximum Gasteiger partial charge on any atom is 0.325 e. The summed E-state index contributed by atoms with van der Waals surface area (Å²) >= 11 is 0. The van der Waals surface area contributed by atoms with Gasteiger partial charge in [0.1, 0.15) is 6.54 Å². The molecule has 0 aliphatic heterocycles. The maximum atomic E-state index is 11.8. The van der Waals surface area contributed by atoms with Crippen LogP contribution in [0.15, 0.2) is 0 Å². The van der Waals surface area contributed by atoms with Crippen LogP contribution < -0.4 is 0 Å². The molecule has 0 spiro atoms. The van der Waals surface area contributed by atoms with E-state index >= 15 is 0 Å². The van der Waals surface area contributed by atoms with Gasteiger partial charge in [-0.2, -0.15) is 0 Å². The molecule has 1 N–H and O–H groups in total. The average Bonchev–Trinajstić information content (AvgIpc) is 2.25. The fraction of sp³-hybridized carbons (Fsp3) is 0.750. The molecule has 0 saturated carbocycles. The van der Waals surface area contributed by atoms with Gasteiger partial charge in [-0.25, -0.2) is 0 Å². The van der Waals surface area contributed by atoms with Crippen molar-refractivity contribution in [1.82, 2.24) is 4.90 Å². The van der Waals surface area contributed by atoms with Gasteiger partial charge in [-0.05, 0) is 27.2 Å². The fourth-order valence-corrected chi connectivity index (χ4v) is 1.44. The molecule has 0 heterocycles. The van der Waals surface area contributed by atoms with Crippen LogP contribution in [0.3, 0.4) is 0 Å². The van der Waals surface area contributed by atoms with Crippen molar-refractivity contribution in [3.8, 4) is 0 Å². The van der Waals surface area contributed by atoms with Gasteiger partial charge < -0.3 is 14.7 Å². The second-order valence-electron chi connectivity index (χ2n) is 4.17. The largest absolute Gasteiger partial charge is 0.481 e. The number of carbonyl (C=O) groups is 3. The van der Waals surface area contributed by atoms with Crippen molar-refractivity contribution in [2.45, 2.75) is 46.1 Å². The Bertz CT molecular complexity index is 301. The molecule has 0 fully saturated rings. The van der Waals surface area contributed by atoms with Crippen molar-refractivity contribution in [2.24, 2.45) is 0 Å². The first-order valence-corrected chi connectivity index (χ1v) is 6.05. The van der Waals surface area contributed by atoms with E-state index in [1.807, 2.05) is 0 Å². The Balaban J connectivity index is 4.27. The normalized spacial score (nSPS) is 10.2. The second kappa shape index (κ2) is 8.49. The number of ether oxygens (including phenoxy) is 1. The van der Waals surface area contributed by atoms with Crippen molar-refractivity contribution >= 4 is 17.8 Å². The van der Waals surface area contributed by atoms with Crippen LogP contribution in [0.25, 0.3) is 0 Å². The van der Waals surface area contributed by atoms with Crippen LogP contribution in [0.2, 0.25) is 0 Å². The zero-order valence-electron chi connectivity index (χ0n) is 11.1. The summed E-state index contributed by atoms with van der Waals surface area (Å²) in [6.45, 7) is 5.49. The van der Waals surface area contributed by atoms with Gasteiger partial charge in [0, 0.05) is 18.9 Å². The number of aliphatic carboxylic acids is 1. The van der Waals surface area contributed by atoms with Gasteiger partial charge in [0.2, 0.25) is 5.91 Å². The van der Waals surface area contributed by atoms with E-state index < -0.39 is 11.9 Å². The first-order valence-electron chi connectivity index (χ1n) is 6.05. The molecular weight excluding hydrogens is 238 g/mol. The Morgan fingerprint density at radius 1 is 1.22 bits per heavy atom. The minimum Gasteiger partial charge on any atom is -0.481 e. The highest BCUT2D eigenvalue weighted by Crippen LogP contribution is 2.06. The zero-order chi connectivity index (χ0) is 14.1. The van der Waals surface area contributed by atoms with Crippen molar-refractivity contribution in [2.75, 3.05) is 13.2 Å². The highest BCUT2D eigenvalue weighted by molar-refractivity contribution is 5.82. The smallest absolute Gasteiger partial charge is 0.325 e. The molecule has 0 rings (SSSR count). The van der Waals surface area contributed by atoms with Gasteiger partial charge in [-0.3, -0.25) is 14.4 Å². The summed E-state index contributed by atoms with van der Waals surface area (Å²) in [5.74, 6) is -1.60. The molecule has 0 saturated heterocycles. The predicted octanol–water partition coefficient (Wildman–Crippen LogP) is 1.04. The van der Waals surface area contributed by atoms with E-state index in [0.29, 0.717) is 0 Å². The molecule has 0 unspecified atom stereocenters. The number of rotatable bonds is 8. The summed E-state index contributed by atoms with van der Waals surface area (Å²) < 4.78 is 4.79. The standard InChI is InChI=1S/C12H21NO5/c1-4-18-12(17)8-13(9(2)3)10(14)6-5-7-11(15)16/h9H,4-8H2,1-3H3,(H,15,16). The van der Waals surface area contributed by atoms with E-state index in [1.54, 1.807) is 20.8 Å². The van der Waals surface area contributed by atoms with Crippen molar-refractivity contribution in [1.29, 1.82) is 0 Å². The van der Waals surface area contributed by atoms with Gasteiger partial charge in [0.25, 0.3) is 0 Å². The van der Waals surface area contributed by atoms with Crippen molar-refractivity contribution in [3.05, 3.63) is 0 Å². The van der Waals surface area contributed by atoms with Crippen LogP contribution in [-0.4, -0.2) is 47.0 Å². The summed E-state index contributed by atoms with van der Waals surface area (Å²) in [5.41, 5.74) is 0. The maximum absolute atomic E-state index is 11.8. The molecular formula is C12H21NO5. The molecule has 0 aliphatic rings. The SMILES string of the molecule is CCOC(=O)CN(C(=O)CCCC(=O)O)C(C)C. The van der Waals surface area contributed by atoms with E-state index in [-0.39, 0.29) is 44.4 Å². The molecule has 0 radical (unpaired) electrons. The van der Waals surface area contributed by atoms with Crippen LogP contribution in [0.1, 0.15) is 40.0 Å². The first kappa shape index (κ1) is 16.4. The highest BCUT2D eigenvalue weighted by atomic mass is 16.5. The highest BCUT2D eigenvalue weighted by Gasteiger charge is 2.20.